The summed E-state index contributed by atoms with van der Waals surface area (Å²) in [5.41, 5.74) is 17.1. The Morgan fingerprint density at radius 3 is 1.78 bits per heavy atom. The van der Waals surface area contributed by atoms with Gasteiger partial charge in [0, 0.05) is 23.2 Å². The number of benzene rings is 5. The Kier molecular flexibility index (Phi) is 18.6. The molecule has 73 heavy (non-hydrogen) atoms. The van der Waals surface area contributed by atoms with Gasteiger partial charge in [0.05, 0.1) is 4.91 Å². The summed E-state index contributed by atoms with van der Waals surface area (Å²) in [6, 6.07) is 39.6. The second-order valence-corrected chi connectivity index (χ2v) is 24.8. The number of hydrogen-bond acceptors (Lipinski definition) is 6. The van der Waals surface area contributed by atoms with Gasteiger partial charge in [-0.1, -0.05) is 220 Å². The lowest BCUT2D eigenvalue weighted by Gasteiger charge is -2.46. The van der Waals surface area contributed by atoms with Gasteiger partial charge in [0.1, 0.15) is 4.32 Å². The van der Waals surface area contributed by atoms with Crippen LogP contribution in [-0.2, 0) is 46.0 Å². The molecule has 2 aliphatic heterocycles. The van der Waals surface area contributed by atoms with Crippen molar-refractivity contribution < 1.29 is 17.8 Å². The highest BCUT2D eigenvalue weighted by Crippen LogP contribution is 2.58. The molecule has 5 aromatic rings. The molecule has 2 atom stereocenters. The van der Waals surface area contributed by atoms with Crippen molar-refractivity contribution in [1.29, 1.82) is 0 Å². The second kappa shape index (κ2) is 24.9. The van der Waals surface area contributed by atoms with Crippen LogP contribution in [0.15, 0.2) is 108 Å². The fourth-order valence-electron chi connectivity index (χ4n) is 12.2. The molecule has 2 unspecified atom stereocenters. The summed E-state index contributed by atoms with van der Waals surface area (Å²) in [7, 11) is -4.43. The van der Waals surface area contributed by atoms with E-state index in [2.05, 4.69) is 143 Å². The third kappa shape index (κ3) is 12.8. The Morgan fingerprint density at radius 1 is 0.630 bits per heavy atom. The van der Waals surface area contributed by atoms with E-state index < -0.39 is 21.9 Å². The standard InChI is InChI=1S/C64H80N2O4S3/c1-6-9-12-19-26-48-41-54(30-29-51(48)45-60-61(67)65(62(71)72-60)46-73(68,69)70)56-34-31-49(42-52(56)27-20-13-10-7-2)50-32-35-57(53(43-50)28-21-14-11-8-3)55-33-36-59-58(44-55)63(4)38-22-16-23-39-64(63,5)66(59)40-37-47-24-17-15-18-25-47/h15,17-18,24-25,29-36,41-45H,6-14,16,19-23,26-28,37-40,46H2,1-5H3,(H,68,69,70)/b60-45-. The molecule has 2 heterocycles. The Labute approximate surface area is 448 Å². The number of nitrogens with zero attached hydrogens (tertiary/aromatic N) is 2. The number of aryl methyl sites for hydroxylation is 3. The predicted molar refractivity (Wildman–Crippen MR) is 314 cm³/mol. The number of thioether (sulfide) groups is 1. The monoisotopic (exact) mass is 1040 g/mol. The van der Waals surface area contributed by atoms with Gasteiger partial charge < -0.3 is 4.90 Å². The average Bonchev–Trinajstić information content (AvgIpc) is 3.65. The third-order valence-corrected chi connectivity index (χ3v) is 18.6. The molecule has 9 heteroatoms. The minimum atomic E-state index is -4.43. The van der Waals surface area contributed by atoms with Crippen LogP contribution >= 0.6 is 24.0 Å². The predicted octanol–water partition coefficient (Wildman–Crippen LogP) is 17.1. The van der Waals surface area contributed by atoms with E-state index in [1.165, 1.54) is 138 Å². The van der Waals surface area contributed by atoms with Crippen LogP contribution in [0.25, 0.3) is 39.5 Å². The van der Waals surface area contributed by atoms with Crippen LogP contribution in [0.3, 0.4) is 0 Å². The maximum Gasteiger partial charge on any atom is 0.283 e. The molecule has 1 amide bonds. The van der Waals surface area contributed by atoms with Crippen molar-refractivity contribution in [2.24, 2.45) is 0 Å². The molecule has 0 aromatic heterocycles. The van der Waals surface area contributed by atoms with E-state index in [-0.39, 0.29) is 15.3 Å². The molecule has 1 N–H and O–H groups in total. The lowest BCUT2D eigenvalue weighted by molar-refractivity contribution is -0.121. The Balaban J connectivity index is 1.15. The van der Waals surface area contributed by atoms with Crippen molar-refractivity contribution in [3.05, 3.63) is 141 Å². The second-order valence-electron chi connectivity index (χ2n) is 21.7. The highest BCUT2D eigenvalue weighted by Gasteiger charge is 2.56. The summed E-state index contributed by atoms with van der Waals surface area (Å²) in [6.45, 7) is 13.0. The van der Waals surface area contributed by atoms with Crippen molar-refractivity contribution in [2.75, 3.05) is 17.3 Å². The minimum absolute atomic E-state index is 0.0738. The normalized spacial score (nSPS) is 19.5. The zero-order chi connectivity index (χ0) is 51.6. The molecule has 1 aliphatic carbocycles. The van der Waals surface area contributed by atoms with Crippen molar-refractivity contribution >= 4 is 56.1 Å². The first-order valence-electron chi connectivity index (χ1n) is 27.8. The smallest absolute Gasteiger partial charge is 0.283 e. The Bertz CT molecular complexity index is 2880. The molecule has 3 aliphatic rings. The molecule has 5 aromatic carbocycles. The first-order valence-corrected chi connectivity index (χ1v) is 30.7. The van der Waals surface area contributed by atoms with Gasteiger partial charge in [0.15, 0.2) is 5.88 Å². The van der Waals surface area contributed by atoms with Crippen molar-refractivity contribution in [3.8, 4) is 33.4 Å². The zero-order valence-electron chi connectivity index (χ0n) is 44.4. The summed E-state index contributed by atoms with van der Waals surface area (Å²) >= 11 is 6.47. The average molecular weight is 1040 g/mol. The quantitative estimate of drug-likeness (QED) is 0.0285. The van der Waals surface area contributed by atoms with Crippen LogP contribution in [0, 0.1) is 0 Å². The molecular weight excluding hydrogens is 957 g/mol. The fraction of sp³-hybridized carbons (Fsp3) is 0.469. The van der Waals surface area contributed by atoms with Crippen molar-refractivity contribution in [1.82, 2.24) is 4.90 Å². The summed E-state index contributed by atoms with van der Waals surface area (Å²) in [6.07, 6.45) is 26.2. The number of hydrogen-bond donors (Lipinski definition) is 1. The molecule has 0 bridgehead atoms. The van der Waals surface area contributed by atoms with Gasteiger partial charge >= 0.3 is 0 Å². The van der Waals surface area contributed by atoms with E-state index in [1.807, 2.05) is 6.08 Å². The summed E-state index contributed by atoms with van der Waals surface area (Å²) in [5, 5.41) is 0. The maximum atomic E-state index is 13.4. The summed E-state index contributed by atoms with van der Waals surface area (Å²) < 4.78 is 33.1. The highest BCUT2D eigenvalue weighted by atomic mass is 32.2. The maximum absolute atomic E-state index is 13.4. The number of fused-ring (bicyclic) bond motifs is 3. The van der Waals surface area contributed by atoms with E-state index in [0.717, 1.165) is 92.1 Å². The molecule has 6 nitrogen and oxygen atoms in total. The molecule has 8 rings (SSSR count). The largest absolute Gasteiger partial charge is 0.365 e. The van der Waals surface area contributed by atoms with Gasteiger partial charge in [0.2, 0.25) is 0 Å². The van der Waals surface area contributed by atoms with Crippen LogP contribution in [0.4, 0.5) is 5.69 Å². The molecular formula is C64H80N2O4S3. The number of amides is 1. The van der Waals surface area contributed by atoms with E-state index in [4.69, 9.17) is 12.2 Å². The van der Waals surface area contributed by atoms with Crippen molar-refractivity contribution in [2.45, 2.75) is 180 Å². The van der Waals surface area contributed by atoms with Gasteiger partial charge in [-0.2, -0.15) is 8.42 Å². The molecule has 388 valence electrons. The van der Waals surface area contributed by atoms with E-state index in [9.17, 15) is 17.8 Å². The molecule has 2 fully saturated rings. The zero-order valence-corrected chi connectivity index (χ0v) is 46.9. The number of carbonyl (C=O) groups is 1. The molecule has 0 spiro atoms. The fourth-order valence-corrected chi connectivity index (χ4v) is 14.2. The van der Waals surface area contributed by atoms with E-state index in [0.29, 0.717) is 4.91 Å². The van der Waals surface area contributed by atoms with Crippen molar-refractivity contribution in [3.63, 3.8) is 0 Å². The number of rotatable bonds is 24. The first-order chi connectivity index (χ1) is 35.3. The Hall–Kier alpha value is -4.54. The number of thiocarbonyl (C=S) groups is 1. The molecule has 0 radical (unpaired) electrons. The van der Waals surface area contributed by atoms with E-state index >= 15 is 0 Å². The number of anilines is 1. The lowest BCUT2D eigenvalue weighted by Crippen LogP contribution is -2.54. The first kappa shape index (κ1) is 54.7. The topological polar surface area (TPSA) is 77.9 Å². The van der Waals surface area contributed by atoms with Crippen LogP contribution in [0.1, 0.15) is 177 Å². The van der Waals surface area contributed by atoms with Gasteiger partial charge in [-0.15, -0.1) is 0 Å². The summed E-state index contributed by atoms with van der Waals surface area (Å²) in [4.78, 5) is 17.5. The number of unbranched alkanes of at least 4 members (excludes halogenated alkanes) is 9. The Morgan fingerprint density at radius 2 is 1.18 bits per heavy atom. The lowest BCUT2D eigenvalue weighted by atomic mass is 9.66. The van der Waals surface area contributed by atoms with Crippen LogP contribution in [0.5, 0.6) is 0 Å². The molecule has 1 saturated carbocycles. The SMILES string of the molecule is CCCCCCc1cc(-c2ccc(-c3ccc(-c4ccc5c(c4)C4(C)CCCCCC4(C)N5CCc4ccccc4)c(CCCCCC)c3)cc2CCCCCC)ccc1/C=C1\SC(=S)N(CS(=O)(=O)O)C1=O. The van der Waals surface area contributed by atoms with Crippen LogP contribution < -0.4 is 4.90 Å². The third-order valence-electron chi connectivity index (χ3n) is 16.6. The van der Waals surface area contributed by atoms with Crippen LogP contribution in [0.2, 0.25) is 0 Å². The minimum Gasteiger partial charge on any atom is -0.365 e. The van der Waals surface area contributed by atoms with Gasteiger partial charge in [-0.05, 0) is 150 Å². The van der Waals surface area contributed by atoms with Gasteiger partial charge in [-0.25, -0.2) is 0 Å². The van der Waals surface area contributed by atoms with Crippen LogP contribution in [-0.4, -0.2) is 46.1 Å². The molecule has 1 saturated heterocycles. The van der Waals surface area contributed by atoms with E-state index in [1.54, 1.807) is 0 Å². The van der Waals surface area contributed by atoms with Gasteiger partial charge in [-0.3, -0.25) is 14.2 Å². The number of carbonyl (C=O) groups excluding carboxylic acids is 1. The summed E-state index contributed by atoms with van der Waals surface area (Å²) in [5.74, 6) is -1.34. The van der Waals surface area contributed by atoms with Gasteiger partial charge in [0.25, 0.3) is 16.0 Å². The highest BCUT2D eigenvalue weighted by molar-refractivity contribution is 8.26.